The molecule has 1 saturated carbocycles. The van der Waals surface area contributed by atoms with Crippen LogP contribution in [0.2, 0.25) is 0 Å². The second-order valence-corrected chi connectivity index (χ2v) is 12.1. The summed E-state index contributed by atoms with van der Waals surface area (Å²) in [6.07, 6.45) is 5.30. The van der Waals surface area contributed by atoms with Gasteiger partial charge in [-0.2, -0.15) is 0 Å². The topological polar surface area (TPSA) is 123 Å². The van der Waals surface area contributed by atoms with E-state index in [2.05, 4.69) is 63.0 Å². The Morgan fingerprint density at radius 3 is 2.27 bits per heavy atom. The van der Waals surface area contributed by atoms with Crippen molar-refractivity contribution in [2.45, 2.75) is 70.6 Å². The number of hydrogen-bond acceptors (Lipinski definition) is 9. The molecule has 0 spiro atoms. The van der Waals surface area contributed by atoms with Gasteiger partial charge in [0.15, 0.2) is 17.3 Å². The highest BCUT2D eigenvalue weighted by molar-refractivity contribution is 5.97. The van der Waals surface area contributed by atoms with E-state index in [-0.39, 0.29) is 17.8 Å². The molecule has 222 valence electrons. The number of allylic oxidation sites excluding steroid dienone is 1. The molecule has 0 bridgehead atoms. The van der Waals surface area contributed by atoms with Gasteiger partial charge in [-0.3, -0.25) is 9.69 Å². The van der Waals surface area contributed by atoms with Crippen LogP contribution in [0.25, 0.3) is 5.57 Å². The molecule has 1 aliphatic carbocycles. The normalized spacial score (nSPS) is 22.9. The quantitative estimate of drug-likeness (QED) is 0.382. The second-order valence-electron chi connectivity index (χ2n) is 12.1. The number of aliphatic hydroxyl groups is 1. The van der Waals surface area contributed by atoms with Crippen LogP contribution in [0.1, 0.15) is 67.2 Å². The number of aliphatic hydroxyl groups excluding tert-OH is 1. The lowest BCUT2D eigenvalue weighted by Gasteiger charge is -2.43. The summed E-state index contributed by atoms with van der Waals surface area (Å²) in [5.41, 5.74) is 10.3. The lowest BCUT2D eigenvalue weighted by atomic mass is 9.93. The first kappa shape index (κ1) is 29.3. The molecule has 41 heavy (non-hydrogen) atoms. The van der Waals surface area contributed by atoms with Crippen LogP contribution < -0.4 is 21.3 Å². The summed E-state index contributed by atoms with van der Waals surface area (Å²) >= 11 is 0. The summed E-state index contributed by atoms with van der Waals surface area (Å²) in [6.45, 7) is 14.8. The van der Waals surface area contributed by atoms with Crippen LogP contribution in [-0.2, 0) is 0 Å². The zero-order chi connectivity index (χ0) is 29.1. The number of nitrogens with one attached hydrogen (secondary N) is 2. The predicted octanol–water partition coefficient (Wildman–Crippen LogP) is 3.59. The number of benzene rings is 1. The Balaban J connectivity index is 1.30. The van der Waals surface area contributed by atoms with Gasteiger partial charge < -0.3 is 31.3 Å². The first-order chi connectivity index (χ1) is 19.7. The van der Waals surface area contributed by atoms with Crippen LogP contribution in [0.5, 0.6) is 0 Å². The van der Waals surface area contributed by atoms with Crippen molar-refractivity contribution in [1.29, 1.82) is 0 Å². The average Bonchev–Trinajstić information content (AvgIpc) is 2.95. The molecule has 1 aromatic heterocycles. The van der Waals surface area contributed by atoms with E-state index in [9.17, 15) is 9.90 Å². The van der Waals surface area contributed by atoms with E-state index in [1.165, 1.54) is 37.2 Å². The summed E-state index contributed by atoms with van der Waals surface area (Å²) in [7, 11) is 2.21. The molecule has 3 aliphatic rings. The number of piperazine rings is 1. The maximum atomic E-state index is 12.4. The fourth-order valence-electron chi connectivity index (χ4n) is 6.39. The molecule has 5 rings (SSSR count). The number of hydrogen-bond donors (Lipinski definition) is 4. The molecule has 1 aromatic carbocycles. The summed E-state index contributed by atoms with van der Waals surface area (Å²) in [4.78, 5) is 29.4. The monoisotopic (exact) mass is 562 g/mol. The molecule has 2 aliphatic heterocycles. The van der Waals surface area contributed by atoms with E-state index >= 15 is 0 Å². The van der Waals surface area contributed by atoms with Crippen molar-refractivity contribution in [3.63, 3.8) is 0 Å². The molecule has 10 heteroatoms. The molecule has 2 saturated heterocycles. The number of rotatable bonds is 8. The zero-order valence-electron chi connectivity index (χ0n) is 24.8. The predicted molar refractivity (Wildman–Crippen MR) is 166 cm³/mol. The number of piperidine rings is 1. The number of amides is 1. The first-order valence-electron chi connectivity index (χ1n) is 15.1. The number of carbonyl (C=O) groups is 1. The van der Waals surface area contributed by atoms with Gasteiger partial charge in [0.2, 0.25) is 0 Å². The number of aryl methyl sites for hydroxylation is 1. The minimum atomic E-state index is -0.647. The highest BCUT2D eigenvalue weighted by Crippen LogP contribution is 2.32. The average molecular weight is 563 g/mol. The van der Waals surface area contributed by atoms with Crippen LogP contribution in [0.15, 0.2) is 24.8 Å². The molecule has 0 radical (unpaired) electrons. The molecule has 3 heterocycles. The minimum absolute atomic E-state index is 0.0836. The lowest BCUT2D eigenvalue weighted by Crippen LogP contribution is -2.52. The van der Waals surface area contributed by atoms with Crippen molar-refractivity contribution >= 4 is 34.5 Å². The molecule has 3 fully saturated rings. The van der Waals surface area contributed by atoms with Crippen LogP contribution >= 0.6 is 0 Å². The minimum Gasteiger partial charge on any atom is -0.393 e. The number of nitrogens with two attached hydrogens (primary N) is 1. The van der Waals surface area contributed by atoms with E-state index in [1.807, 2.05) is 13.0 Å². The largest absolute Gasteiger partial charge is 0.393 e. The highest BCUT2D eigenvalue weighted by Gasteiger charge is 2.28. The summed E-state index contributed by atoms with van der Waals surface area (Å²) < 4.78 is 0. The van der Waals surface area contributed by atoms with Gasteiger partial charge in [-0.15, -0.1) is 0 Å². The van der Waals surface area contributed by atoms with Crippen LogP contribution in [0.4, 0.5) is 23.0 Å². The molecule has 5 N–H and O–H groups in total. The van der Waals surface area contributed by atoms with E-state index in [0.29, 0.717) is 28.9 Å². The zero-order valence-corrected chi connectivity index (χ0v) is 24.8. The third-order valence-corrected chi connectivity index (χ3v) is 8.89. The molecular weight excluding hydrogens is 516 g/mol. The maximum Gasteiger partial charge on any atom is 0.271 e. The maximum absolute atomic E-state index is 12.4. The molecule has 1 amide bonds. The second kappa shape index (κ2) is 12.8. The molecule has 2 aromatic rings. The van der Waals surface area contributed by atoms with Gasteiger partial charge in [0.1, 0.15) is 5.69 Å². The Morgan fingerprint density at radius 2 is 1.66 bits per heavy atom. The van der Waals surface area contributed by atoms with Gasteiger partial charge in [0.25, 0.3) is 5.91 Å². The smallest absolute Gasteiger partial charge is 0.271 e. The van der Waals surface area contributed by atoms with Gasteiger partial charge in [-0.25, -0.2) is 9.97 Å². The van der Waals surface area contributed by atoms with Crippen molar-refractivity contribution in [2.24, 2.45) is 5.73 Å². The van der Waals surface area contributed by atoms with Crippen molar-refractivity contribution in [1.82, 2.24) is 19.8 Å². The number of nitrogens with zero attached hydrogens (tertiary/aromatic N) is 5. The van der Waals surface area contributed by atoms with E-state index < -0.39 is 5.91 Å². The number of primary amides is 1. The van der Waals surface area contributed by atoms with Gasteiger partial charge >= 0.3 is 0 Å². The van der Waals surface area contributed by atoms with Crippen molar-refractivity contribution in [2.75, 3.05) is 61.8 Å². The standard InChI is InChI=1S/C31H46N8O2/c1-20(2)27-30(33-22-5-8-25(40)9-6-22)36-31(28(35-27)29(32)41)34-23-7-10-26(21(3)19-23)39-13-11-24(12-14-39)38-17-15-37(4)16-18-38/h7,10,19,22,24-25,40H,1,5-6,8-9,11-18H2,2-4H3,(H2,32,41)(H2,33,34,36)/t22-,25-. The SMILES string of the molecule is C=C(C)c1nc(C(N)=O)c(Nc2ccc(N3CCC(N4CCN(C)CC4)CC3)c(C)c2)nc1N[C@H]1CC[C@H](O)CC1. The number of carbonyl (C=O) groups excluding carboxylic acids is 1. The fraction of sp³-hybridized carbons (Fsp3) is 0.581. The van der Waals surface area contributed by atoms with E-state index in [0.717, 1.165) is 57.5 Å². The van der Waals surface area contributed by atoms with Crippen LogP contribution in [0.3, 0.4) is 0 Å². The lowest BCUT2D eigenvalue weighted by molar-refractivity contribution is 0.0982. The van der Waals surface area contributed by atoms with Crippen LogP contribution in [-0.4, -0.2) is 95.3 Å². The van der Waals surface area contributed by atoms with Gasteiger partial charge in [0, 0.05) is 62.7 Å². The summed E-state index contributed by atoms with van der Waals surface area (Å²) in [5.74, 6) is 0.246. The molecular formula is C31H46N8O2. The molecule has 10 nitrogen and oxygen atoms in total. The Labute approximate surface area is 244 Å². The van der Waals surface area contributed by atoms with Gasteiger partial charge in [-0.1, -0.05) is 6.58 Å². The van der Waals surface area contributed by atoms with E-state index in [1.54, 1.807) is 0 Å². The third-order valence-electron chi connectivity index (χ3n) is 8.89. The number of likely N-dealkylation sites (N-methyl/N-ethyl adjacent to an activating group) is 1. The van der Waals surface area contributed by atoms with Crippen molar-refractivity contribution < 1.29 is 9.90 Å². The summed E-state index contributed by atoms with van der Waals surface area (Å²) in [5, 5.41) is 16.7. The number of aromatic nitrogens is 2. The van der Waals surface area contributed by atoms with Gasteiger partial charge in [0.05, 0.1) is 6.10 Å². The van der Waals surface area contributed by atoms with Crippen molar-refractivity contribution in [3.8, 4) is 0 Å². The Morgan fingerprint density at radius 1 is 0.976 bits per heavy atom. The summed E-state index contributed by atoms with van der Waals surface area (Å²) in [6, 6.07) is 7.12. The highest BCUT2D eigenvalue weighted by atomic mass is 16.3. The Kier molecular flexibility index (Phi) is 9.11. The molecule has 0 atom stereocenters. The first-order valence-corrected chi connectivity index (χ1v) is 15.1. The Bertz CT molecular complexity index is 1240. The third kappa shape index (κ3) is 6.99. The van der Waals surface area contributed by atoms with Crippen LogP contribution in [0, 0.1) is 6.92 Å². The van der Waals surface area contributed by atoms with Gasteiger partial charge in [-0.05, 0) is 88.8 Å². The fourth-order valence-corrected chi connectivity index (χ4v) is 6.39. The Hall–Kier alpha value is -3.21. The number of anilines is 4. The molecule has 0 unspecified atom stereocenters. The van der Waals surface area contributed by atoms with E-state index in [4.69, 9.17) is 10.7 Å². The van der Waals surface area contributed by atoms with Crippen molar-refractivity contribution in [3.05, 3.63) is 41.7 Å².